The van der Waals surface area contributed by atoms with Gasteiger partial charge in [-0.3, -0.25) is 4.98 Å². The molecule has 0 saturated heterocycles. The number of benzene rings is 1. The van der Waals surface area contributed by atoms with Gasteiger partial charge in [0.25, 0.3) is 0 Å². The standard InChI is InChI=1S/C15H16Cl2N2/c1-2-18-15(14-5-3-4-8-19-14)9-11-6-7-12(16)10-13(11)17/h3-8,10,15,18H,2,9H2,1H3. The van der Waals surface area contributed by atoms with E-state index < -0.39 is 0 Å². The molecular weight excluding hydrogens is 279 g/mol. The number of nitrogens with zero attached hydrogens (tertiary/aromatic N) is 1. The summed E-state index contributed by atoms with van der Waals surface area (Å²) in [4.78, 5) is 4.41. The molecule has 100 valence electrons. The van der Waals surface area contributed by atoms with Gasteiger partial charge in [-0.1, -0.05) is 42.3 Å². The Morgan fingerprint density at radius 1 is 1.21 bits per heavy atom. The van der Waals surface area contributed by atoms with E-state index in [9.17, 15) is 0 Å². The number of aromatic nitrogens is 1. The van der Waals surface area contributed by atoms with Gasteiger partial charge in [-0.2, -0.15) is 0 Å². The first-order chi connectivity index (χ1) is 9.20. The first kappa shape index (κ1) is 14.3. The molecule has 1 unspecified atom stereocenters. The molecule has 2 nitrogen and oxygen atoms in total. The van der Waals surface area contributed by atoms with Crippen molar-refractivity contribution in [3.05, 3.63) is 63.9 Å². The van der Waals surface area contributed by atoms with Crippen molar-refractivity contribution < 1.29 is 0 Å². The van der Waals surface area contributed by atoms with Crippen molar-refractivity contribution in [3.8, 4) is 0 Å². The van der Waals surface area contributed by atoms with Crippen molar-refractivity contribution in [2.45, 2.75) is 19.4 Å². The van der Waals surface area contributed by atoms with E-state index in [1.807, 2.05) is 36.5 Å². The molecule has 0 saturated carbocycles. The van der Waals surface area contributed by atoms with Crippen LogP contribution in [0.2, 0.25) is 10.0 Å². The Morgan fingerprint density at radius 2 is 2.05 bits per heavy atom. The first-order valence-electron chi connectivity index (χ1n) is 6.29. The Morgan fingerprint density at radius 3 is 2.68 bits per heavy atom. The van der Waals surface area contributed by atoms with Gasteiger partial charge in [0, 0.05) is 16.2 Å². The van der Waals surface area contributed by atoms with E-state index in [0.29, 0.717) is 10.0 Å². The molecule has 1 N–H and O–H groups in total. The average Bonchev–Trinajstić information content (AvgIpc) is 2.42. The molecule has 2 rings (SSSR count). The van der Waals surface area contributed by atoms with Crippen LogP contribution in [-0.4, -0.2) is 11.5 Å². The molecule has 0 bridgehead atoms. The smallest absolute Gasteiger partial charge is 0.0576 e. The van der Waals surface area contributed by atoms with Gasteiger partial charge < -0.3 is 5.32 Å². The van der Waals surface area contributed by atoms with Gasteiger partial charge in [0.2, 0.25) is 0 Å². The van der Waals surface area contributed by atoms with Gasteiger partial charge in [0.1, 0.15) is 0 Å². The SMILES string of the molecule is CCNC(Cc1ccc(Cl)cc1Cl)c1ccccn1. The third-order valence-corrected chi connectivity index (χ3v) is 3.52. The summed E-state index contributed by atoms with van der Waals surface area (Å²) in [7, 11) is 0. The Hall–Kier alpha value is -1.09. The van der Waals surface area contributed by atoms with Gasteiger partial charge in [0.05, 0.1) is 11.7 Å². The van der Waals surface area contributed by atoms with Crippen molar-refractivity contribution in [1.82, 2.24) is 10.3 Å². The van der Waals surface area contributed by atoms with E-state index in [4.69, 9.17) is 23.2 Å². The Balaban J connectivity index is 2.21. The van der Waals surface area contributed by atoms with Crippen LogP contribution in [0.25, 0.3) is 0 Å². The summed E-state index contributed by atoms with van der Waals surface area (Å²) < 4.78 is 0. The highest BCUT2D eigenvalue weighted by molar-refractivity contribution is 6.35. The number of nitrogens with one attached hydrogen (secondary N) is 1. The summed E-state index contributed by atoms with van der Waals surface area (Å²) in [5, 5.41) is 4.79. The number of pyridine rings is 1. The highest BCUT2D eigenvalue weighted by Gasteiger charge is 2.14. The highest BCUT2D eigenvalue weighted by Crippen LogP contribution is 2.25. The normalized spacial score (nSPS) is 12.4. The maximum absolute atomic E-state index is 6.23. The number of hydrogen-bond donors (Lipinski definition) is 1. The zero-order valence-corrected chi connectivity index (χ0v) is 12.2. The predicted molar refractivity (Wildman–Crippen MR) is 80.8 cm³/mol. The first-order valence-corrected chi connectivity index (χ1v) is 7.04. The molecule has 0 spiro atoms. The fraction of sp³-hybridized carbons (Fsp3) is 0.267. The van der Waals surface area contributed by atoms with Gasteiger partial charge >= 0.3 is 0 Å². The number of rotatable bonds is 5. The summed E-state index contributed by atoms with van der Waals surface area (Å²) in [6.45, 7) is 2.96. The second-order valence-electron chi connectivity index (χ2n) is 4.30. The minimum Gasteiger partial charge on any atom is -0.309 e. The van der Waals surface area contributed by atoms with Crippen molar-refractivity contribution in [3.63, 3.8) is 0 Å². The minimum absolute atomic E-state index is 0.157. The monoisotopic (exact) mass is 294 g/mol. The van der Waals surface area contributed by atoms with Crippen LogP contribution in [0.5, 0.6) is 0 Å². The lowest BCUT2D eigenvalue weighted by molar-refractivity contribution is 0.537. The van der Waals surface area contributed by atoms with Crippen LogP contribution in [-0.2, 0) is 6.42 Å². The van der Waals surface area contributed by atoms with E-state index in [0.717, 1.165) is 24.2 Å². The summed E-state index contributed by atoms with van der Waals surface area (Å²) in [5.41, 5.74) is 2.10. The van der Waals surface area contributed by atoms with Crippen LogP contribution in [0.15, 0.2) is 42.6 Å². The van der Waals surface area contributed by atoms with Crippen molar-refractivity contribution >= 4 is 23.2 Å². The highest BCUT2D eigenvalue weighted by atomic mass is 35.5. The summed E-state index contributed by atoms with van der Waals surface area (Å²) in [6, 6.07) is 11.7. The fourth-order valence-electron chi connectivity index (χ4n) is 2.02. The van der Waals surface area contributed by atoms with E-state index in [-0.39, 0.29) is 6.04 Å². The number of likely N-dealkylation sites (N-methyl/N-ethyl adjacent to an activating group) is 1. The third-order valence-electron chi connectivity index (χ3n) is 2.93. The zero-order valence-electron chi connectivity index (χ0n) is 10.7. The summed E-state index contributed by atoms with van der Waals surface area (Å²) >= 11 is 12.1. The lowest BCUT2D eigenvalue weighted by Crippen LogP contribution is -2.23. The molecule has 0 amide bonds. The third kappa shape index (κ3) is 3.93. The molecule has 4 heteroatoms. The predicted octanol–water partition coefficient (Wildman–Crippen LogP) is 4.28. The molecule has 2 aromatic rings. The van der Waals surface area contributed by atoms with Crippen molar-refractivity contribution in [2.24, 2.45) is 0 Å². The van der Waals surface area contributed by atoms with Crippen LogP contribution >= 0.6 is 23.2 Å². The second kappa shape index (κ2) is 6.90. The van der Waals surface area contributed by atoms with Gasteiger partial charge in [-0.05, 0) is 42.8 Å². The second-order valence-corrected chi connectivity index (χ2v) is 5.15. The molecule has 19 heavy (non-hydrogen) atoms. The summed E-state index contributed by atoms with van der Waals surface area (Å²) in [6.07, 6.45) is 2.60. The maximum atomic E-state index is 6.23. The molecule has 1 aromatic carbocycles. The quantitative estimate of drug-likeness (QED) is 0.890. The van der Waals surface area contributed by atoms with E-state index in [1.165, 1.54) is 0 Å². The van der Waals surface area contributed by atoms with E-state index in [1.54, 1.807) is 6.07 Å². The van der Waals surface area contributed by atoms with Gasteiger partial charge in [-0.25, -0.2) is 0 Å². The van der Waals surface area contributed by atoms with Gasteiger partial charge in [-0.15, -0.1) is 0 Å². The molecule has 1 atom stereocenters. The molecule has 0 aliphatic carbocycles. The number of halogens is 2. The van der Waals surface area contributed by atoms with E-state index in [2.05, 4.69) is 17.2 Å². The van der Waals surface area contributed by atoms with Crippen LogP contribution in [0.4, 0.5) is 0 Å². The number of hydrogen-bond acceptors (Lipinski definition) is 2. The Labute approximate surface area is 123 Å². The van der Waals surface area contributed by atoms with Crippen LogP contribution in [0.1, 0.15) is 24.2 Å². The molecule has 0 aliphatic heterocycles. The van der Waals surface area contributed by atoms with E-state index >= 15 is 0 Å². The molecule has 0 radical (unpaired) electrons. The fourth-order valence-corrected chi connectivity index (χ4v) is 2.50. The topological polar surface area (TPSA) is 24.9 Å². The Bertz CT molecular complexity index is 529. The largest absolute Gasteiger partial charge is 0.309 e. The average molecular weight is 295 g/mol. The molecule has 1 aromatic heterocycles. The summed E-state index contributed by atoms with van der Waals surface area (Å²) in [5.74, 6) is 0. The maximum Gasteiger partial charge on any atom is 0.0576 e. The molecular formula is C15H16Cl2N2. The van der Waals surface area contributed by atoms with Crippen LogP contribution < -0.4 is 5.32 Å². The Kier molecular flexibility index (Phi) is 5.20. The van der Waals surface area contributed by atoms with Crippen molar-refractivity contribution in [1.29, 1.82) is 0 Å². The lowest BCUT2D eigenvalue weighted by atomic mass is 10.0. The lowest BCUT2D eigenvalue weighted by Gasteiger charge is -2.18. The van der Waals surface area contributed by atoms with Gasteiger partial charge in [0.15, 0.2) is 0 Å². The zero-order chi connectivity index (χ0) is 13.7. The van der Waals surface area contributed by atoms with Crippen molar-refractivity contribution in [2.75, 3.05) is 6.54 Å². The minimum atomic E-state index is 0.157. The molecule has 1 heterocycles. The molecule has 0 aliphatic rings. The molecule has 0 fully saturated rings. The van der Waals surface area contributed by atoms with Crippen LogP contribution in [0, 0.1) is 0 Å². The van der Waals surface area contributed by atoms with Crippen LogP contribution in [0.3, 0.4) is 0 Å².